The highest BCUT2D eigenvalue weighted by molar-refractivity contribution is 5.97. The van der Waals surface area contributed by atoms with Crippen molar-refractivity contribution in [2.24, 2.45) is 28.4 Å². The van der Waals surface area contributed by atoms with Crippen molar-refractivity contribution in [3.8, 4) is 0 Å². The van der Waals surface area contributed by atoms with E-state index in [0.29, 0.717) is 24.1 Å². The quantitative estimate of drug-likeness (QED) is 0.140. The Morgan fingerprint density at radius 3 is 2.09 bits per heavy atom. The first-order valence-corrected chi connectivity index (χ1v) is 16.0. The molecular formula is C34H55N5O8. The highest BCUT2D eigenvalue weighted by atomic mass is 16.6. The summed E-state index contributed by atoms with van der Waals surface area (Å²) < 4.78 is 10.5. The van der Waals surface area contributed by atoms with Crippen LogP contribution >= 0.6 is 0 Å². The van der Waals surface area contributed by atoms with E-state index in [1.165, 1.54) is 4.90 Å². The molecule has 0 heterocycles. The molecule has 0 saturated heterocycles. The van der Waals surface area contributed by atoms with E-state index in [0.717, 1.165) is 0 Å². The van der Waals surface area contributed by atoms with E-state index in [1.54, 1.807) is 52.1 Å². The fourth-order valence-electron chi connectivity index (χ4n) is 4.35. The number of ether oxygens (including phenoxy) is 2. The number of amides is 5. The maximum atomic E-state index is 13.4. The van der Waals surface area contributed by atoms with Gasteiger partial charge >= 0.3 is 18.1 Å². The van der Waals surface area contributed by atoms with E-state index in [4.69, 9.17) is 15.2 Å². The van der Waals surface area contributed by atoms with Gasteiger partial charge in [-0.3, -0.25) is 19.2 Å². The van der Waals surface area contributed by atoms with Gasteiger partial charge in [0.2, 0.25) is 11.8 Å². The maximum Gasteiger partial charge on any atom is 0.409 e. The predicted octanol–water partition coefficient (Wildman–Crippen LogP) is 4.38. The lowest BCUT2D eigenvalue weighted by Crippen LogP contribution is -2.46. The number of rotatable bonds is 17. The predicted molar refractivity (Wildman–Crippen MR) is 179 cm³/mol. The molecular weight excluding hydrogens is 606 g/mol. The van der Waals surface area contributed by atoms with Crippen LogP contribution in [0.4, 0.5) is 15.3 Å². The van der Waals surface area contributed by atoms with Crippen LogP contribution in [-0.4, -0.2) is 73.4 Å². The molecule has 0 spiro atoms. The molecule has 0 aliphatic heterocycles. The normalized spacial score (nSPS) is 12.8. The zero-order chi connectivity index (χ0) is 35.9. The Balaban J connectivity index is 2.83. The number of benzene rings is 1. The molecule has 0 bridgehead atoms. The summed E-state index contributed by atoms with van der Waals surface area (Å²) in [6.07, 6.45) is 0.289. The van der Waals surface area contributed by atoms with Crippen LogP contribution in [0.2, 0.25) is 0 Å². The van der Waals surface area contributed by atoms with Crippen LogP contribution in [0.25, 0.3) is 0 Å². The van der Waals surface area contributed by atoms with E-state index < -0.39 is 29.5 Å². The van der Waals surface area contributed by atoms with Crippen LogP contribution in [0.15, 0.2) is 24.3 Å². The van der Waals surface area contributed by atoms with Gasteiger partial charge in [-0.15, -0.1) is 0 Å². The Morgan fingerprint density at radius 2 is 1.55 bits per heavy atom. The van der Waals surface area contributed by atoms with Crippen LogP contribution in [0.5, 0.6) is 0 Å². The average molecular weight is 662 g/mol. The Kier molecular flexibility index (Phi) is 16.4. The molecule has 0 aliphatic rings. The average Bonchev–Trinajstić information content (AvgIpc) is 2.94. The number of esters is 1. The van der Waals surface area contributed by atoms with Gasteiger partial charge in [-0.05, 0) is 62.6 Å². The second-order valence-electron chi connectivity index (χ2n) is 14.4. The largest absolute Gasteiger partial charge is 0.463 e. The van der Waals surface area contributed by atoms with Crippen LogP contribution in [-0.2, 0) is 35.3 Å². The second-order valence-corrected chi connectivity index (χ2v) is 14.4. The molecule has 13 heteroatoms. The number of carbonyl (C=O) groups excluding carboxylic acids is 6. The van der Waals surface area contributed by atoms with Gasteiger partial charge in [-0.2, -0.15) is 0 Å². The van der Waals surface area contributed by atoms with E-state index in [1.807, 2.05) is 34.6 Å². The van der Waals surface area contributed by atoms with Crippen molar-refractivity contribution in [2.75, 3.05) is 32.1 Å². The maximum absolute atomic E-state index is 13.4. The molecule has 0 aliphatic carbocycles. The van der Waals surface area contributed by atoms with E-state index in [-0.39, 0.29) is 74.0 Å². The number of hydrogen-bond acceptors (Lipinski definition) is 8. The summed E-state index contributed by atoms with van der Waals surface area (Å²) in [4.78, 5) is 76.0. The highest BCUT2D eigenvalue weighted by Crippen LogP contribution is 2.22. The van der Waals surface area contributed by atoms with Crippen molar-refractivity contribution in [3.63, 3.8) is 0 Å². The lowest BCUT2D eigenvalue weighted by molar-refractivity contribution is -0.153. The summed E-state index contributed by atoms with van der Waals surface area (Å²) in [5, 5.41) is 8.18. The zero-order valence-corrected chi connectivity index (χ0v) is 29.5. The van der Waals surface area contributed by atoms with Crippen molar-refractivity contribution in [3.05, 3.63) is 29.8 Å². The second kappa shape index (κ2) is 18.9. The molecule has 0 unspecified atom stereocenters. The molecule has 0 fully saturated rings. The van der Waals surface area contributed by atoms with Gasteiger partial charge in [0.15, 0.2) is 5.78 Å². The SMILES string of the molecule is CC(C)[C@H](NC(=O)CC(C)(C)C)C(=O)C[C@@H](CCCNC(N)=O)C(=O)Nc1ccc(COC(=O)N(C)CCOC(=O)C(C)(C)C)cc1. The third-order valence-corrected chi connectivity index (χ3v) is 7.04. The lowest BCUT2D eigenvalue weighted by atomic mass is 9.88. The molecule has 0 radical (unpaired) electrons. The molecule has 1 aromatic rings. The van der Waals surface area contributed by atoms with Gasteiger partial charge in [-0.25, -0.2) is 9.59 Å². The Morgan fingerprint density at radius 1 is 0.936 bits per heavy atom. The number of likely N-dealkylation sites (N-methyl/N-ethyl adjacent to an activating group) is 1. The first-order valence-electron chi connectivity index (χ1n) is 16.0. The number of ketones is 1. The summed E-state index contributed by atoms with van der Waals surface area (Å²) in [5.74, 6) is -2.12. The van der Waals surface area contributed by atoms with Gasteiger partial charge < -0.3 is 36.1 Å². The van der Waals surface area contributed by atoms with E-state index >= 15 is 0 Å². The number of nitrogens with two attached hydrogens (primary N) is 1. The number of nitrogens with zero attached hydrogens (tertiary/aromatic N) is 1. The van der Waals surface area contributed by atoms with Gasteiger partial charge in [0.05, 0.1) is 18.0 Å². The minimum absolute atomic E-state index is 0.0132. The number of anilines is 1. The molecule has 5 amide bonds. The smallest absolute Gasteiger partial charge is 0.409 e. The Labute approximate surface area is 279 Å². The number of primary amides is 1. The van der Waals surface area contributed by atoms with Crippen molar-refractivity contribution >= 4 is 41.4 Å². The molecule has 2 atom stereocenters. The number of carbonyl (C=O) groups is 6. The number of Topliss-reactive ketones (excluding diaryl/α,β-unsaturated/α-hetero) is 1. The number of urea groups is 1. The van der Waals surface area contributed by atoms with E-state index in [2.05, 4.69) is 16.0 Å². The van der Waals surface area contributed by atoms with Crippen molar-refractivity contribution in [1.29, 1.82) is 0 Å². The minimum Gasteiger partial charge on any atom is -0.463 e. The molecule has 264 valence electrons. The van der Waals surface area contributed by atoms with Crippen molar-refractivity contribution in [2.45, 2.75) is 93.7 Å². The number of hydrogen-bond donors (Lipinski definition) is 4. The highest BCUT2D eigenvalue weighted by Gasteiger charge is 2.30. The first-order chi connectivity index (χ1) is 21.7. The zero-order valence-electron chi connectivity index (χ0n) is 29.5. The summed E-state index contributed by atoms with van der Waals surface area (Å²) in [6, 6.07) is 5.29. The van der Waals surface area contributed by atoms with Crippen LogP contribution in [0, 0.1) is 22.7 Å². The molecule has 5 N–H and O–H groups in total. The van der Waals surface area contributed by atoms with Crippen molar-refractivity contribution < 1.29 is 38.2 Å². The van der Waals surface area contributed by atoms with Crippen molar-refractivity contribution in [1.82, 2.24) is 15.5 Å². The summed E-state index contributed by atoms with van der Waals surface area (Å²) >= 11 is 0. The monoisotopic (exact) mass is 661 g/mol. The van der Waals surface area contributed by atoms with E-state index in [9.17, 15) is 28.8 Å². The van der Waals surface area contributed by atoms with Crippen LogP contribution < -0.4 is 21.7 Å². The fraction of sp³-hybridized carbons (Fsp3) is 0.647. The molecule has 47 heavy (non-hydrogen) atoms. The topological polar surface area (TPSA) is 186 Å². The molecule has 0 aromatic heterocycles. The Hall–Kier alpha value is -4.16. The fourth-order valence-corrected chi connectivity index (χ4v) is 4.35. The number of nitrogens with one attached hydrogen (secondary N) is 3. The molecule has 0 saturated carbocycles. The van der Waals surface area contributed by atoms with Gasteiger partial charge in [0, 0.05) is 38.0 Å². The van der Waals surface area contributed by atoms with Gasteiger partial charge in [-0.1, -0.05) is 46.8 Å². The third-order valence-electron chi connectivity index (χ3n) is 7.04. The van der Waals surface area contributed by atoms with Gasteiger partial charge in [0.1, 0.15) is 13.2 Å². The third kappa shape index (κ3) is 16.8. The molecule has 13 nitrogen and oxygen atoms in total. The molecule has 1 rings (SSSR count). The summed E-state index contributed by atoms with van der Waals surface area (Å²) in [5.41, 5.74) is 5.43. The minimum atomic E-state index is -0.747. The molecule has 1 aromatic carbocycles. The standard InChI is InChI=1S/C34H55N5O8/c1-22(2)28(38-27(41)20-33(3,4)5)26(40)19-24(11-10-16-36-31(35)44)29(42)37-25-14-12-23(13-15-25)21-47-32(45)39(9)17-18-46-30(43)34(6,7)8/h12-15,22,24,28H,10-11,16-21H2,1-9H3,(H,37,42)(H,38,41)(H3,35,36,44)/t24-,28+/m1/s1. The van der Waals surface area contributed by atoms with Crippen LogP contribution in [0.3, 0.4) is 0 Å². The lowest BCUT2D eigenvalue weighted by Gasteiger charge is -2.26. The van der Waals surface area contributed by atoms with Gasteiger partial charge in [0.25, 0.3) is 0 Å². The summed E-state index contributed by atoms with van der Waals surface area (Å²) in [6.45, 7) is 15.2. The van der Waals surface area contributed by atoms with Crippen LogP contribution in [0.1, 0.15) is 86.6 Å². The Bertz CT molecular complexity index is 1220. The summed E-state index contributed by atoms with van der Waals surface area (Å²) in [7, 11) is 1.54. The first kappa shape index (κ1) is 40.9.